The van der Waals surface area contributed by atoms with Gasteiger partial charge in [-0.3, -0.25) is 9.59 Å². The summed E-state index contributed by atoms with van der Waals surface area (Å²) in [5.41, 5.74) is 2.16. The molecule has 1 aromatic carbocycles. The zero-order valence-electron chi connectivity index (χ0n) is 14.6. The quantitative estimate of drug-likeness (QED) is 0.861. The van der Waals surface area contributed by atoms with Crippen LogP contribution in [0.5, 0.6) is 0 Å². The van der Waals surface area contributed by atoms with Crippen LogP contribution in [0.1, 0.15) is 57.4 Å². The molecule has 24 heavy (non-hydrogen) atoms. The van der Waals surface area contributed by atoms with Crippen molar-refractivity contribution in [3.8, 4) is 0 Å². The van der Waals surface area contributed by atoms with Gasteiger partial charge in [-0.15, -0.1) is 0 Å². The molecule has 1 aliphatic heterocycles. The van der Waals surface area contributed by atoms with Gasteiger partial charge in [0.2, 0.25) is 11.8 Å². The van der Waals surface area contributed by atoms with Gasteiger partial charge >= 0.3 is 0 Å². The number of hydrogen-bond donors (Lipinski definition) is 1. The smallest absolute Gasteiger partial charge is 0.227 e. The van der Waals surface area contributed by atoms with Crippen LogP contribution in [0, 0.1) is 5.92 Å². The van der Waals surface area contributed by atoms with Crippen molar-refractivity contribution in [1.29, 1.82) is 0 Å². The second-order valence-corrected chi connectivity index (χ2v) is 7.12. The van der Waals surface area contributed by atoms with Gasteiger partial charge in [-0.1, -0.05) is 44.7 Å². The lowest BCUT2D eigenvalue weighted by atomic mass is 10.0. The number of nitrogens with zero attached hydrogens (tertiary/aromatic N) is 1. The molecular formula is C20H28N2O2. The van der Waals surface area contributed by atoms with E-state index in [0.29, 0.717) is 19.0 Å². The zero-order chi connectivity index (χ0) is 16.9. The Bertz CT molecular complexity index is 574. The van der Waals surface area contributed by atoms with Gasteiger partial charge in [0.15, 0.2) is 0 Å². The average Bonchev–Trinajstić information content (AvgIpc) is 2.81. The van der Waals surface area contributed by atoms with Crippen molar-refractivity contribution in [2.75, 3.05) is 11.4 Å². The van der Waals surface area contributed by atoms with E-state index in [9.17, 15) is 9.59 Å². The van der Waals surface area contributed by atoms with E-state index in [2.05, 4.69) is 24.4 Å². The Balaban J connectivity index is 1.59. The first-order valence-corrected chi connectivity index (χ1v) is 9.37. The van der Waals surface area contributed by atoms with Crippen molar-refractivity contribution < 1.29 is 9.59 Å². The molecule has 0 unspecified atom stereocenters. The number of aryl methyl sites for hydroxylation is 1. The fourth-order valence-corrected chi connectivity index (χ4v) is 3.79. The van der Waals surface area contributed by atoms with Crippen LogP contribution in [0.4, 0.5) is 5.69 Å². The molecule has 2 aliphatic rings. The number of hydrogen-bond acceptors (Lipinski definition) is 2. The number of carbonyl (C=O) groups excluding carboxylic acids is 2. The Kier molecular flexibility index (Phi) is 5.54. The van der Waals surface area contributed by atoms with Gasteiger partial charge in [0.05, 0.1) is 5.92 Å². The van der Waals surface area contributed by atoms with Gasteiger partial charge in [0, 0.05) is 24.7 Å². The predicted octanol–water partition coefficient (Wildman–Crippen LogP) is 3.44. The van der Waals surface area contributed by atoms with Crippen molar-refractivity contribution in [1.82, 2.24) is 5.32 Å². The third-order valence-corrected chi connectivity index (χ3v) is 5.35. The molecule has 1 saturated carbocycles. The van der Waals surface area contributed by atoms with Gasteiger partial charge < -0.3 is 10.2 Å². The zero-order valence-corrected chi connectivity index (χ0v) is 14.6. The Labute approximate surface area is 144 Å². The lowest BCUT2D eigenvalue weighted by molar-refractivity contribution is -0.127. The Hall–Kier alpha value is -1.84. The first kappa shape index (κ1) is 17.0. The van der Waals surface area contributed by atoms with E-state index in [1.807, 2.05) is 12.1 Å². The van der Waals surface area contributed by atoms with E-state index in [0.717, 1.165) is 24.9 Å². The maximum atomic E-state index is 12.6. The van der Waals surface area contributed by atoms with Crippen molar-refractivity contribution in [2.45, 2.75) is 64.3 Å². The van der Waals surface area contributed by atoms with Gasteiger partial charge in [-0.05, 0) is 37.0 Å². The SMILES string of the molecule is CCc1ccc(N2C[C@@H](C(=O)NC3CCCCCC3)CC2=O)cc1. The number of benzene rings is 1. The highest BCUT2D eigenvalue weighted by atomic mass is 16.2. The van der Waals surface area contributed by atoms with Gasteiger partial charge in [-0.25, -0.2) is 0 Å². The van der Waals surface area contributed by atoms with Crippen LogP contribution in [0.25, 0.3) is 0 Å². The molecule has 0 spiro atoms. The third kappa shape index (κ3) is 3.97. The van der Waals surface area contributed by atoms with Crippen LogP contribution in [0.3, 0.4) is 0 Å². The molecule has 4 heteroatoms. The van der Waals surface area contributed by atoms with Gasteiger partial charge in [0.1, 0.15) is 0 Å². The van der Waals surface area contributed by atoms with E-state index in [4.69, 9.17) is 0 Å². The molecular weight excluding hydrogens is 300 g/mol. The Morgan fingerprint density at radius 2 is 1.79 bits per heavy atom. The maximum Gasteiger partial charge on any atom is 0.227 e. The minimum Gasteiger partial charge on any atom is -0.353 e. The highest BCUT2D eigenvalue weighted by molar-refractivity contribution is 6.00. The minimum atomic E-state index is -0.216. The van der Waals surface area contributed by atoms with Crippen LogP contribution in [-0.2, 0) is 16.0 Å². The summed E-state index contributed by atoms with van der Waals surface area (Å²) in [7, 11) is 0. The van der Waals surface area contributed by atoms with Crippen molar-refractivity contribution >= 4 is 17.5 Å². The largest absolute Gasteiger partial charge is 0.353 e. The van der Waals surface area contributed by atoms with E-state index in [1.165, 1.54) is 31.2 Å². The average molecular weight is 328 g/mol. The number of amides is 2. The normalized spacial score (nSPS) is 22.5. The van der Waals surface area contributed by atoms with E-state index < -0.39 is 0 Å². The number of anilines is 1. The summed E-state index contributed by atoms with van der Waals surface area (Å²) in [6.45, 7) is 2.62. The van der Waals surface area contributed by atoms with Crippen LogP contribution in [0.15, 0.2) is 24.3 Å². The summed E-state index contributed by atoms with van der Waals surface area (Å²) >= 11 is 0. The summed E-state index contributed by atoms with van der Waals surface area (Å²) < 4.78 is 0. The molecule has 0 aromatic heterocycles. The number of rotatable bonds is 4. The maximum absolute atomic E-state index is 12.6. The lowest BCUT2D eigenvalue weighted by Crippen LogP contribution is -2.39. The topological polar surface area (TPSA) is 49.4 Å². The molecule has 1 N–H and O–H groups in total. The van der Waals surface area contributed by atoms with E-state index in [-0.39, 0.29) is 17.7 Å². The summed E-state index contributed by atoms with van der Waals surface area (Å²) in [4.78, 5) is 26.7. The molecule has 0 bridgehead atoms. The fourth-order valence-electron chi connectivity index (χ4n) is 3.79. The minimum absolute atomic E-state index is 0.0558. The highest BCUT2D eigenvalue weighted by Gasteiger charge is 2.35. The van der Waals surface area contributed by atoms with Crippen LogP contribution >= 0.6 is 0 Å². The molecule has 130 valence electrons. The summed E-state index contributed by atoms with van der Waals surface area (Å²) in [6, 6.07) is 8.39. The van der Waals surface area contributed by atoms with E-state index >= 15 is 0 Å². The van der Waals surface area contributed by atoms with Gasteiger partial charge in [-0.2, -0.15) is 0 Å². The van der Waals surface area contributed by atoms with Crippen molar-refractivity contribution in [2.24, 2.45) is 5.92 Å². The van der Waals surface area contributed by atoms with Crippen molar-refractivity contribution in [3.05, 3.63) is 29.8 Å². The molecule has 1 atom stereocenters. The van der Waals surface area contributed by atoms with Crippen LogP contribution in [-0.4, -0.2) is 24.4 Å². The molecule has 1 saturated heterocycles. The highest BCUT2D eigenvalue weighted by Crippen LogP contribution is 2.26. The summed E-state index contributed by atoms with van der Waals surface area (Å²) in [5.74, 6) is -0.102. The lowest BCUT2D eigenvalue weighted by Gasteiger charge is -2.20. The fraction of sp³-hybridized carbons (Fsp3) is 0.600. The Morgan fingerprint density at radius 1 is 1.12 bits per heavy atom. The molecule has 0 radical (unpaired) electrons. The van der Waals surface area contributed by atoms with E-state index in [1.54, 1.807) is 4.90 Å². The second kappa shape index (κ2) is 7.82. The number of nitrogens with one attached hydrogen (secondary N) is 1. The first-order valence-electron chi connectivity index (χ1n) is 9.37. The molecule has 2 amide bonds. The monoisotopic (exact) mass is 328 g/mol. The van der Waals surface area contributed by atoms with Gasteiger partial charge in [0.25, 0.3) is 0 Å². The molecule has 1 aromatic rings. The van der Waals surface area contributed by atoms with Crippen molar-refractivity contribution in [3.63, 3.8) is 0 Å². The van der Waals surface area contributed by atoms with Crippen LogP contribution in [0.2, 0.25) is 0 Å². The molecule has 1 heterocycles. The molecule has 3 rings (SSSR count). The summed E-state index contributed by atoms with van der Waals surface area (Å²) in [5, 5.41) is 3.19. The third-order valence-electron chi connectivity index (χ3n) is 5.35. The first-order chi connectivity index (χ1) is 11.7. The second-order valence-electron chi connectivity index (χ2n) is 7.12. The Morgan fingerprint density at radius 3 is 2.42 bits per heavy atom. The number of carbonyl (C=O) groups is 2. The molecule has 1 aliphatic carbocycles. The summed E-state index contributed by atoms with van der Waals surface area (Å²) in [6.07, 6.45) is 8.42. The molecule has 4 nitrogen and oxygen atoms in total. The predicted molar refractivity (Wildman–Crippen MR) is 95.9 cm³/mol. The molecule has 2 fully saturated rings. The standard InChI is InChI=1S/C20H28N2O2/c1-2-15-9-11-18(12-10-15)22-14-16(13-19(22)23)20(24)21-17-7-5-3-4-6-8-17/h9-12,16-17H,2-8,13-14H2,1H3,(H,21,24)/t16-/m0/s1. The van der Waals surface area contributed by atoms with Crippen LogP contribution < -0.4 is 10.2 Å².